The Morgan fingerprint density at radius 1 is 1.44 bits per heavy atom. The van der Waals surface area contributed by atoms with Crippen molar-refractivity contribution in [2.24, 2.45) is 5.92 Å². The number of nitrogens with zero attached hydrogens (tertiary/aromatic N) is 4. The molecule has 0 aliphatic carbocycles. The van der Waals surface area contributed by atoms with Gasteiger partial charge in [-0.1, -0.05) is 5.16 Å². The first-order valence-corrected chi connectivity index (χ1v) is 7.98. The van der Waals surface area contributed by atoms with Gasteiger partial charge in [-0.15, -0.1) is 0 Å². The highest BCUT2D eigenvalue weighted by molar-refractivity contribution is 5.95. The largest absolute Gasteiger partial charge is 0.434 e. The summed E-state index contributed by atoms with van der Waals surface area (Å²) in [4.78, 5) is 17.8. The molecule has 25 heavy (non-hydrogen) atoms. The van der Waals surface area contributed by atoms with Gasteiger partial charge in [0.15, 0.2) is 5.69 Å². The summed E-state index contributed by atoms with van der Waals surface area (Å²) >= 11 is 0. The fourth-order valence-electron chi connectivity index (χ4n) is 3.25. The van der Waals surface area contributed by atoms with Crippen LogP contribution in [0.15, 0.2) is 10.7 Å². The maximum Gasteiger partial charge on any atom is 0.434 e. The lowest BCUT2D eigenvalue weighted by molar-refractivity contribution is -0.141. The lowest BCUT2D eigenvalue weighted by Crippen LogP contribution is -2.35. The van der Waals surface area contributed by atoms with Gasteiger partial charge in [-0.05, 0) is 26.2 Å². The molecule has 0 saturated carbocycles. The first kappa shape index (κ1) is 17.5. The summed E-state index contributed by atoms with van der Waals surface area (Å²) in [5.41, 5.74) is 0.119. The zero-order valence-electron chi connectivity index (χ0n) is 14.2. The van der Waals surface area contributed by atoms with E-state index < -0.39 is 11.9 Å². The second-order valence-electron chi connectivity index (χ2n) is 6.48. The van der Waals surface area contributed by atoms with Gasteiger partial charge in [0, 0.05) is 32.8 Å². The highest BCUT2D eigenvalue weighted by atomic mass is 19.4. The molecule has 1 atom stereocenters. The van der Waals surface area contributed by atoms with Crippen LogP contribution in [0.2, 0.25) is 0 Å². The SMILES string of the molecule is Cc1noc(C)c1C(=O)N(C)CC1CCc2nc(C(F)(F)F)cn2C1. The van der Waals surface area contributed by atoms with Crippen LogP contribution in [-0.2, 0) is 19.1 Å². The third kappa shape index (κ3) is 3.40. The summed E-state index contributed by atoms with van der Waals surface area (Å²) in [6.45, 7) is 4.24. The summed E-state index contributed by atoms with van der Waals surface area (Å²) < 4.78 is 44.9. The van der Waals surface area contributed by atoms with Crippen molar-refractivity contribution in [2.75, 3.05) is 13.6 Å². The molecule has 0 spiro atoms. The molecule has 0 bridgehead atoms. The Balaban J connectivity index is 1.68. The van der Waals surface area contributed by atoms with Gasteiger partial charge >= 0.3 is 6.18 Å². The molecule has 0 aromatic carbocycles. The van der Waals surface area contributed by atoms with Crippen molar-refractivity contribution in [3.63, 3.8) is 0 Å². The Kier molecular flexibility index (Phi) is 4.34. The van der Waals surface area contributed by atoms with Crippen LogP contribution >= 0.6 is 0 Å². The monoisotopic (exact) mass is 356 g/mol. The Bertz CT molecular complexity index is 774. The molecule has 3 rings (SSSR count). The predicted molar refractivity (Wildman–Crippen MR) is 82.0 cm³/mol. The molecule has 0 fully saturated rings. The van der Waals surface area contributed by atoms with Crippen LogP contribution < -0.4 is 0 Å². The Morgan fingerprint density at radius 3 is 2.76 bits per heavy atom. The third-order valence-corrected chi connectivity index (χ3v) is 4.51. The zero-order valence-corrected chi connectivity index (χ0v) is 14.2. The average Bonchev–Trinajstić information content (AvgIpc) is 3.09. The van der Waals surface area contributed by atoms with E-state index in [1.54, 1.807) is 30.4 Å². The molecule has 136 valence electrons. The van der Waals surface area contributed by atoms with Crippen molar-refractivity contribution in [1.29, 1.82) is 0 Å². The summed E-state index contributed by atoms with van der Waals surface area (Å²) in [5.74, 6) is 0.786. The molecule has 6 nitrogen and oxygen atoms in total. The molecular weight excluding hydrogens is 337 g/mol. The van der Waals surface area contributed by atoms with Gasteiger partial charge < -0.3 is 14.0 Å². The summed E-state index contributed by atoms with van der Waals surface area (Å²) in [5, 5.41) is 3.78. The lowest BCUT2D eigenvalue weighted by atomic mass is 9.98. The van der Waals surface area contributed by atoms with Crippen LogP contribution in [0.1, 0.15) is 39.8 Å². The number of alkyl halides is 3. The van der Waals surface area contributed by atoms with E-state index in [9.17, 15) is 18.0 Å². The second kappa shape index (κ2) is 6.20. The number of halogens is 3. The number of amides is 1. The van der Waals surface area contributed by atoms with E-state index in [2.05, 4.69) is 10.1 Å². The van der Waals surface area contributed by atoms with Crippen LogP contribution in [0.4, 0.5) is 13.2 Å². The van der Waals surface area contributed by atoms with Gasteiger partial charge in [0.05, 0.1) is 5.69 Å². The molecule has 1 aliphatic rings. The lowest BCUT2D eigenvalue weighted by Gasteiger charge is -2.28. The number of carbonyl (C=O) groups excluding carboxylic acids is 1. The van der Waals surface area contributed by atoms with E-state index in [1.165, 1.54) is 0 Å². The van der Waals surface area contributed by atoms with Crippen LogP contribution in [0.5, 0.6) is 0 Å². The molecule has 2 aromatic heterocycles. The standard InChI is InChI=1S/C16H19F3N4O2/c1-9-14(10(2)25-21-9)15(24)22(3)6-11-4-5-13-20-12(16(17,18)19)8-23(13)7-11/h8,11H,4-7H2,1-3H3. The highest BCUT2D eigenvalue weighted by Gasteiger charge is 2.36. The number of imidazole rings is 1. The minimum atomic E-state index is -4.43. The van der Waals surface area contributed by atoms with Crippen molar-refractivity contribution in [1.82, 2.24) is 19.6 Å². The van der Waals surface area contributed by atoms with Crippen LogP contribution in [0, 0.1) is 19.8 Å². The normalized spacial score (nSPS) is 17.4. The number of aromatic nitrogens is 3. The van der Waals surface area contributed by atoms with E-state index in [4.69, 9.17) is 4.52 Å². The summed E-state index contributed by atoms with van der Waals surface area (Å²) in [7, 11) is 1.68. The molecule has 1 unspecified atom stereocenters. The molecule has 0 N–H and O–H groups in total. The first-order valence-electron chi connectivity index (χ1n) is 7.98. The first-order chi connectivity index (χ1) is 11.7. The smallest absolute Gasteiger partial charge is 0.361 e. The number of hydrogen-bond acceptors (Lipinski definition) is 4. The van der Waals surface area contributed by atoms with Crippen LogP contribution in [-0.4, -0.2) is 39.1 Å². The van der Waals surface area contributed by atoms with E-state index >= 15 is 0 Å². The molecular formula is C16H19F3N4O2. The highest BCUT2D eigenvalue weighted by Crippen LogP contribution is 2.31. The van der Waals surface area contributed by atoms with Gasteiger partial charge in [0.1, 0.15) is 17.1 Å². The minimum absolute atomic E-state index is 0.0669. The maximum absolute atomic E-state index is 12.8. The Labute approximate surface area is 142 Å². The Morgan fingerprint density at radius 2 is 2.16 bits per heavy atom. The Hall–Kier alpha value is -2.32. The van der Waals surface area contributed by atoms with Crippen molar-refractivity contribution in [3.8, 4) is 0 Å². The van der Waals surface area contributed by atoms with E-state index in [0.717, 1.165) is 6.20 Å². The van der Waals surface area contributed by atoms with Gasteiger partial charge in [0.2, 0.25) is 0 Å². The number of carbonyl (C=O) groups is 1. The fourth-order valence-corrected chi connectivity index (χ4v) is 3.25. The minimum Gasteiger partial charge on any atom is -0.361 e. The molecule has 1 aliphatic heterocycles. The number of fused-ring (bicyclic) bond motifs is 1. The average molecular weight is 356 g/mol. The summed E-state index contributed by atoms with van der Waals surface area (Å²) in [6, 6.07) is 0. The van der Waals surface area contributed by atoms with E-state index in [1.807, 2.05) is 0 Å². The van der Waals surface area contributed by atoms with E-state index in [0.29, 0.717) is 48.8 Å². The zero-order chi connectivity index (χ0) is 18.4. The number of aryl methyl sites for hydroxylation is 3. The fraction of sp³-hybridized carbons (Fsp3) is 0.562. The molecule has 1 amide bonds. The van der Waals surface area contributed by atoms with Crippen LogP contribution in [0.3, 0.4) is 0 Å². The van der Waals surface area contributed by atoms with Crippen molar-refractivity contribution in [2.45, 2.75) is 39.4 Å². The van der Waals surface area contributed by atoms with Gasteiger partial charge in [-0.3, -0.25) is 4.79 Å². The molecule has 2 aromatic rings. The molecule has 0 radical (unpaired) electrons. The predicted octanol–water partition coefficient (Wildman–Crippen LogP) is 2.84. The molecule has 0 saturated heterocycles. The topological polar surface area (TPSA) is 64.2 Å². The van der Waals surface area contributed by atoms with Crippen LogP contribution in [0.25, 0.3) is 0 Å². The quantitative estimate of drug-likeness (QED) is 0.848. The van der Waals surface area contributed by atoms with E-state index in [-0.39, 0.29) is 11.8 Å². The molecule has 3 heterocycles. The second-order valence-corrected chi connectivity index (χ2v) is 6.48. The molecule has 9 heteroatoms. The number of rotatable bonds is 3. The van der Waals surface area contributed by atoms with Gasteiger partial charge in [0.25, 0.3) is 5.91 Å². The number of hydrogen-bond donors (Lipinski definition) is 0. The van der Waals surface area contributed by atoms with Crippen molar-refractivity contribution < 1.29 is 22.5 Å². The third-order valence-electron chi connectivity index (χ3n) is 4.51. The maximum atomic E-state index is 12.8. The van der Waals surface area contributed by atoms with Crippen molar-refractivity contribution >= 4 is 5.91 Å². The van der Waals surface area contributed by atoms with Gasteiger partial charge in [-0.25, -0.2) is 4.98 Å². The van der Waals surface area contributed by atoms with Crippen molar-refractivity contribution in [3.05, 3.63) is 34.7 Å². The summed E-state index contributed by atoms with van der Waals surface area (Å²) in [6.07, 6.45) is -2.23. The van der Waals surface area contributed by atoms with Gasteiger partial charge in [-0.2, -0.15) is 13.2 Å².